The summed E-state index contributed by atoms with van der Waals surface area (Å²) in [5.74, 6) is 3.76. The van der Waals surface area contributed by atoms with Gasteiger partial charge >= 0.3 is 0 Å². The molecule has 0 unspecified atom stereocenters. The smallest absolute Gasteiger partial charge is 0.205 e. The van der Waals surface area contributed by atoms with Crippen LogP contribution < -0.4 is 0 Å². The van der Waals surface area contributed by atoms with Crippen molar-refractivity contribution < 1.29 is 4.42 Å². The molecule has 3 aromatic rings. The molecule has 0 bridgehead atoms. The van der Waals surface area contributed by atoms with Crippen molar-refractivity contribution >= 4 is 11.8 Å². The normalized spacial score (nSPS) is 14.0. The van der Waals surface area contributed by atoms with Crippen LogP contribution in [0.2, 0.25) is 0 Å². The molecular weight excluding hydrogens is 320 g/mol. The third-order valence-corrected chi connectivity index (χ3v) is 4.89. The molecule has 6 heteroatoms. The Morgan fingerprint density at radius 1 is 1.25 bits per heavy atom. The molecule has 2 aromatic heterocycles. The lowest BCUT2D eigenvalue weighted by atomic mass is 10.2. The van der Waals surface area contributed by atoms with E-state index in [0.29, 0.717) is 17.6 Å². The molecule has 0 amide bonds. The number of allylic oxidation sites excluding steroid dienone is 1. The van der Waals surface area contributed by atoms with Crippen molar-refractivity contribution in [3.63, 3.8) is 0 Å². The molecule has 0 radical (unpaired) electrons. The van der Waals surface area contributed by atoms with Crippen molar-refractivity contribution in [2.75, 3.05) is 0 Å². The molecule has 5 nitrogen and oxygen atoms in total. The average molecular weight is 338 g/mol. The first-order chi connectivity index (χ1) is 11.8. The topological polar surface area (TPSA) is 56.7 Å². The number of oxazole rings is 1. The molecule has 4 rings (SSSR count). The second kappa shape index (κ2) is 6.65. The maximum Gasteiger partial charge on any atom is 0.205 e. The van der Waals surface area contributed by atoms with Gasteiger partial charge in [0.1, 0.15) is 5.82 Å². The van der Waals surface area contributed by atoms with E-state index in [2.05, 4.69) is 26.3 Å². The zero-order chi connectivity index (χ0) is 16.4. The monoisotopic (exact) mass is 338 g/mol. The summed E-state index contributed by atoms with van der Waals surface area (Å²) >= 11 is 1.60. The number of aromatic nitrogens is 4. The van der Waals surface area contributed by atoms with Gasteiger partial charge < -0.3 is 8.98 Å². The number of thioether (sulfide) groups is 1. The van der Waals surface area contributed by atoms with Crippen LogP contribution in [0.3, 0.4) is 0 Å². The average Bonchev–Trinajstić information content (AvgIpc) is 3.21. The molecule has 1 saturated carbocycles. The van der Waals surface area contributed by atoms with Gasteiger partial charge in [0.05, 0.1) is 11.9 Å². The molecule has 0 atom stereocenters. The number of rotatable bonds is 7. The van der Waals surface area contributed by atoms with Gasteiger partial charge in [0.25, 0.3) is 0 Å². The molecule has 2 heterocycles. The predicted molar refractivity (Wildman–Crippen MR) is 93.7 cm³/mol. The van der Waals surface area contributed by atoms with E-state index in [1.165, 1.54) is 12.8 Å². The molecule has 1 aliphatic carbocycles. The fraction of sp³-hybridized carbons (Fsp3) is 0.278. The van der Waals surface area contributed by atoms with Crippen LogP contribution in [0, 0.1) is 0 Å². The highest BCUT2D eigenvalue weighted by Gasteiger charge is 2.30. The van der Waals surface area contributed by atoms with E-state index in [4.69, 9.17) is 4.42 Å². The lowest BCUT2D eigenvalue weighted by Gasteiger charge is -2.05. The fourth-order valence-corrected chi connectivity index (χ4v) is 3.40. The Hall–Kier alpha value is -2.34. The predicted octanol–water partition coefficient (Wildman–Crippen LogP) is 4.29. The van der Waals surface area contributed by atoms with Gasteiger partial charge in [-0.2, -0.15) is 0 Å². The first kappa shape index (κ1) is 15.2. The molecule has 1 aromatic carbocycles. The van der Waals surface area contributed by atoms with Crippen molar-refractivity contribution in [3.8, 4) is 11.3 Å². The molecule has 0 saturated heterocycles. The number of nitrogens with zero attached hydrogens (tertiary/aromatic N) is 4. The third kappa shape index (κ3) is 3.14. The Morgan fingerprint density at radius 3 is 2.83 bits per heavy atom. The second-order valence-electron chi connectivity index (χ2n) is 5.79. The first-order valence-electron chi connectivity index (χ1n) is 8.02. The van der Waals surface area contributed by atoms with Crippen molar-refractivity contribution in [2.45, 2.75) is 36.2 Å². The Morgan fingerprint density at radius 2 is 2.08 bits per heavy atom. The summed E-state index contributed by atoms with van der Waals surface area (Å²) in [5, 5.41) is 9.59. The maximum atomic E-state index is 5.85. The van der Waals surface area contributed by atoms with Gasteiger partial charge in [0.15, 0.2) is 10.9 Å². The van der Waals surface area contributed by atoms with Gasteiger partial charge in [0.2, 0.25) is 5.89 Å². The zero-order valence-corrected chi connectivity index (χ0v) is 14.1. The van der Waals surface area contributed by atoms with Crippen LogP contribution >= 0.6 is 11.8 Å². The highest BCUT2D eigenvalue weighted by atomic mass is 32.2. The summed E-state index contributed by atoms with van der Waals surface area (Å²) in [6.45, 7) is 4.57. The summed E-state index contributed by atoms with van der Waals surface area (Å²) in [6.07, 6.45) is 6.08. The van der Waals surface area contributed by atoms with Crippen molar-refractivity contribution in [2.24, 2.45) is 0 Å². The van der Waals surface area contributed by atoms with Crippen LogP contribution in [0.15, 0.2) is 58.8 Å². The highest BCUT2D eigenvalue weighted by Crippen LogP contribution is 2.40. The molecule has 0 N–H and O–H groups in total. The van der Waals surface area contributed by atoms with Crippen LogP contribution in [0.1, 0.15) is 30.5 Å². The molecule has 122 valence electrons. The van der Waals surface area contributed by atoms with E-state index in [9.17, 15) is 0 Å². The lowest BCUT2D eigenvalue weighted by molar-refractivity contribution is 0.529. The SMILES string of the molecule is C=CCn1c(SCc2ncc(-c3ccccc3)o2)nnc1C1CC1. The summed E-state index contributed by atoms with van der Waals surface area (Å²) in [7, 11) is 0. The Labute approximate surface area is 144 Å². The van der Waals surface area contributed by atoms with Gasteiger partial charge in [-0.1, -0.05) is 48.2 Å². The lowest BCUT2D eigenvalue weighted by Crippen LogP contribution is -2.02. The molecule has 0 spiro atoms. The minimum Gasteiger partial charge on any atom is -0.440 e. The van der Waals surface area contributed by atoms with Gasteiger partial charge in [-0.15, -0.1) is 16.8 Å². The van der Waals surface area contributed by atoms with E-state index in [1.54, 1.807) is 18.0 Å². The maximum absolute atomic E-state index is 5.85. The third-order valence-electron chi connectivity index (χ3n) is 3.94. The Balaban J connectivity index is 1.47. The van der Waals surface area contributed by atoms with E-state index in [1.807, 2.05) is 36.4 Å². The first-order valence-corrected chi connectivity index (χ1v) is 9.00. The van der Waals surface area contributed by atoms with Gasteiger partial charge in [0, 0.05) is 18.0 Å². The van der Waals surface area contributed by atoms with E-state index >= 15 is 0 Å². The largest absolute Gasteiger partial charge is 0.440 e. The number of hydrogen-bond donors (Lipinski definition) is 0. The van der Waals surface area contributed by atoms with Crippen molar-refractivity contribution in [1.29, 1.82) is 0 Å². The molecule has 1 aliphatic rings. The van der Waals surface area contributed by atoms with Crippen LogP contribution in [0.4, 0.5) is 0 Å². The van der Waals surface area contributed by atoms with Crippen molar-refractivity contribution in [3.05, 3.63) is 60.9 Å². The van der Waals surface area contributed by atoms with Crippen LogP contribution in [-0.2, 0) is 12.3 Å². The highest BCUT2D eigenvalue weighted by molar-refractivity contribution is 7.98. The van der Waals surface area contributed by atoms with Gasteiger partial charge in [-0.25, -0.2) is 4.98 Å². The van der Waals surface area contributed by atoms with E-state index in [0.717, 1.165) is 28.8 Å². The Kier molecular flexibility index (Phi) is 4.21. The minimum absolute atomic E-state index is 0.568. The second-order valence-corrected chi connectivity index (χ2v) is 6.73. The van der Waals surface area contributed by atoms with E-state index in [-0.39, 0.29) is 0 Å². The van der Waals surface area contributed by atoms with Crippen LogP contribution in [-0.4, -0.2) is 19.7 Å². The van der Waals surface area contributed by atoms with Crippen LogP contribution in [0.5, 0.6) is 0 Å². The zero-order valence-electron chi connectivity index (χ0n) is 13.3. The van der Waals surface area contributed by atoms with Crippen molar-refractivity contribution in [1.82, 2.24) is 19.7 Å². The number of benzene rings is 1. The summed E-state index contributed by atoms with van der Waals surface area (Å²) in [5.41, 5.74) is 1.03. The molecular formula is C18H18N4OS. The molecule has 24 heavy (non-hydrogen) atoms. The molecule has 0 aliphatic heterocycles. The van der Waals surface area contributed by atoms with Crippen LogP contribution in [0.25, 0.3) is 11.3 Å². The van der Waals surface area contributed by atoms with Gasteiger partial charge in [-0.05, 0) is 12.8 Å². The van der Waals surface area contributed by atoms with E-state index < -0.39 is 0 Å². The Bertz CT molecular complexity index is 836. The molecule has 1 fully saturated rings. The fourth-order valence-electron chi connectivity index (χ4n) is 2.59. The number of hydrogen-bond acceptors (Lipinski definition) is 5. The van der Waals surface area contributed by atoms with Gasteiger partial charge in [-0.3, -0.25) is 0 Å². The summed E-state index contributed by atoms with van der Waals surface area (Å²) < 4.78 is 8.00. The summed E-state index contributed by atoms with van der Waals surface area (Å²) in [4.78, 5) is 4.37. The standard InChI is InChI=1S/C18H18N4OS/c1-2-10-22-17(14-8-9-14)20-21-18(22)24-12-16-19-11-15(23-16)13-6-4-3-5-7-13/h2-7,11,14H,1,8-10,12H2. The summed E-state index contributed by atoms with van der Waals surface area (Å²) in [6, 6.07) is 9.99. The minimum atomic E-state index is 0.568. The quantitative estimate of drug-likeness (QED) is 0.475.